The number of rotatable bonds is 6. The van der Waals surface area contributed by atoms with E-state index in [0.29, 0.717) is 19.1 Å². The summed E-state index contributed by atoms with van der Waals surface area (Å²) in [5, 5.41) is 0. The fraction of sp³-hybridized carbons (Fsp3) is 0.538. The summed E-state index contributed by atoms with van der Waals surface area (Å²) in [7, 11) is 1.61. The molecule has 0 aromatic carbocycles. The zero-order valence-electron chi connectivity index (χ0n) is 10.9. The molecule has 5 nitrogen and oxygen atoms in total. The Morgan fingerprint density at radius 2 is 2.37 bits per heavy atom. The molecule has 1 aliphatic carbocycles. The highest BCUT2D eigenvalue weighted by Crippen LogP contribution is 2.28. The number of nitrogens with zero attached hydrogens (tertiary/aromatic N) is 2. The molecule has 0 saturated heterocycles. The highest BCUT2D eigenvalue weighted by atomic mass is 19.1. The lowest BCUT2D eigenvalue weighted by molar-refractivity contribution is 0.0677. The SMILES string of the molecule is CN(CCOCC1CC1)C(=O)c1ccnc(N)c1F. The lowest BCUT2D eigenvalue weighted by Gasteiger charge is -2.17. The minimum atomic E-state index is -0.766. The number of pyridine rings is 1. The number of carbonyl (C=O) groups is 1. The average Bonchev–Trinajstić information content (AvgIpc) is 3.21. The molecule has 104 valence electrons. The maximum Gasteiger partial charge on any atom is 0.256 e. The standard InChI is InChI=1S/C13H18FN3O2/c1-17(6-7-19-8-9-2-3-9)13(18)10-4-5-16-12(15)11(10)14/h4-5,9H,2-3,6-8H2,1H3,(H2,15,16). The Morgan fingerprint density at radius 1 is 1.63 bits per heavy atom. The second kappa shape index (κ2) is 5.97. The van der Waals surface area contributed by atoms with Crippen LogP contribution in [0.5, 0.6) is 0 Å². The zero-order valence-corrected chi connectivity index (χ0v) is 10.9. The van der Waals surface area contributed by atoms with Crippen molar-refractivity contribution in [3.8, 4) is 0 Å². The first-order chi connectivity index (χ1) is 9.09. The van der Waals surface area contributed by atoms with Crippen molar-refractivity contribution in [3.05, 3.63) is 23.6 Å². The van der Waals surface area contributed by atoms with E-state index < -0.39 is 11.7 Å². The van der Waals surface area contributed by atoms with Crippen LogP contribution in [0.3, 0.4) is 0 Å². The van der Waals surface area contributed by atoms with Gasteiger partial charge in [0.25, 0.3) is 5.91 Å². The molecule has 1 heterocycles. The number of nitrogens with two attached hydrogens (primary N) is 1. The Bertz CT molecular complexity index is 463. The molecule has 1 aliphatic rings. The molecule has 1 aromatic heterocycles. The molecule has 0 unspecified atom stereocenters. The quantitative estimate of drug-likeness (QED) is 0.789. The molecule has 0 radical (unpaired) electrons. The van der Waals surface area contributed by atoms with Gasteiger partial charge in [0.15, 0.2) is 11.6 Å². The zero-order chi connectivity index (χ0) is 13.8. The predicted molar refractivity (Wildman–Crippen MR) is 69.1 cm³/mol. The molecule has 0 atom stereocenters. The monoisotopic (exact) mass is 267 g/mol. The third-order valence-corrected chi connectivity index (χ3v) is 3.11. The van der Waals surface area contributed by atoms with E-state index >= 15 is 0 Å². The van der Waals surface area contributed by atoms with Crippen LogP contribution in [0.4, 0.5) is 10.2 Å². The molecule has 6 heteroatoms. The lowest BCUT2D eigenvalue weighted by atomic mass is 10.2. The maximum absolute atomic E-state index is 13.6. The van der Waals surface area contributed by atoms with E-state index in [1.54, 1.807) is 7.05 Å². The highest BCUT2D eigenvalue weighted by Gasteiger charge is 2.21. The van der Waals surface area contributed by atoms with Gasteiger partial charge in [0.05, 0.1) is 12.2 Å². The van der Waals surface area contributed by atoms with Gasteiger partial charge in [-0.05, 0) is 24.8 Å². The summed E-state index contributed by atoms with van der Waals surface area (Å²) in [4.78, 5) is 17.0. The van der Waals surface area contributed by atoms with Crippen LogP contribution in [0.25, 0.3) is 0 Å². The number of aromatic nitrogens is 1. The summed E-state index contributed by atoms with van der Waals surface area (Å²) >= 11 is 0. The van der Waals surface area contributed by atoms with Crippen molar-refractivity contribution >= 4 is 11.7 Å². The smallest absolute Gasteiger partial charge is 0.256 e. The fourth-order valence-electron chi connectivity index (χ4n) is 1.67. The molecule has 1 amide bonds. The minimum Gasteiger partial charge on any atom is -0.381 e. The number of halogens is 1. The summed E-state index contributed by atoms with van der Waals surface area (Å²) in [5.41, 5.74) is 5.28. The molecule has 0 bridgehead atoms. The van der Waals surface area contributed by atoms with E-state index in [1.807, 2.05) is 0 Å². The molecule has 2 rings (SSSR count). The van der Waals surface area contributed by atoms with Crippen molar-refractivity contribution in [2.75, 3.05) is 32.5 Å². The Kier molecular flexibility index (Phi) is 4.31. The second-order valence-electron chi connectivity index (χ2n) is 4.80. The highest BCUT2D eigenvalue weighted by molar-refractivity contribution is 5.94. The third kappa shape index (κ3) is 3.64. The molecule has 0 aliphatic heterocycles. The molecule has 0 spiro atoms. The fourth-order valence-corrected chi connectivity index (χ4v) is 1.67. The van der Waals surface area contributed by atoms with E-state index in [4.69, 9.17) is 10.5 Å². The summed E-state index contributed by atoms with van der Waals surface area (Å²) in [5.74, 6) is -0.748. The summed E-state index contributed by atoms with van der Waals surface area (Å²) in [6.07, 6.45) is 3.79. The molecular weight excluding hydrogens is 249 g/mol. The van der Waals surface area contributed by atoms with Crippen molar-refractivity contribution in [2.45, 2.75) is 12.8 Å². The number of ether oxygens (including phenoxy) is 1. The van der Waals surface area contributed by atoms with Crippen LogP contribution in [0, 0.1) is 11.7 Å². The van der Waals surface area contributed by atoms with Gasteiger partial charge in [-0.25, -0.2) is 9.37 Å². The first-order valence-electron chi connectivity index (χ1n) is 6.32. The Labute approximate surface area is 111 Å². The number of anilines is 1. The van der Waals surface area contributed by atoms with Crippen molar-refractivity contribution < 1.29 is 13.9 Å². The van der Waals surface area contributed by atoms with Gasteiger partial charge in [0.1, 0.15) is 0 Å². The average molecular weight is 267 g/mol. The van der Waals surface area contributed by atoms with Gasteiger partial charge in [0.2, 0.25) is 0 Å². The van der Waals surface area contributed by atoms with Crippen molar-refractivity contribution in [2.24, 2.45) is 5.92 Å². The lowest BCUT2D eigenvalue weighted by Crippen LogP contribution is -2.31. The van der Waals surface area contributed by atoms with Crippen LogP contribution in [-0.4, -0.2) is 42.6 Å². The van der Waals surface area contributed by atoms with Gasteiger partial charge >= 0.3 is 0 Å². The summed E-state index contributed by atoms with van der Waals surface area (Å²) in [6, 6.07) is 1.33. The van der Waals surface area contributed by atoms with Gasteiger partial charge in [-0.3, -0.25) is 4.79 Å². The molecular formula is C13H18FN3O2. The number of amides is 1. The first-order valence-corrected chi connectivity index (χ1v) is 6.32. The van der Waals surface area contributed by atoms with Crippen LogP contribution in [0.1, 0.15) is 23.2 Å². The molecule has 1 saturated carbocycles. The van der Waals surface area contributed by atoms with Gasteiger partial charge in [-0.2, -0.15) is 0 Å². The molecule has 2 N–H and O–H groups in total. The molecule has 1 aromatic rings. The minimum absolute atomic E-state index is 0.0582. The van der Waals surface area contributed by atoms with Crippen LogP contribution in [-0.2, 0) is 4.74 Å². The van der Waals surface area contributed by atoms with E-state index in [2.05, 4.69) is 4.98 Å². The number of hydrogen-bond donors (Lipinski definition) is 1. The van der Waals surface area contributed by atoms with Crippen LogP contribution in [0.15, 0.2) is 12.3 Å². The number of nitrogen functional groups attached to an aromatic ring is 1. The largest absolute Gasteiger partial charge is 0.381 e. The topological polar surface area (TPSA) is 68.5 Å². The first kappa shape index (κ1) is 13.7. The number of hydrogen-bond acceptors (Lipinski definition) is 4. The molecule has 19 heavy (non-hydrogen) atoms. The van der Waals surface area contributed by atoms with E-state index in [0.717, 1.165) is 6.61 Å². The van der Waals surface area contributed by atoms with Crippen LogP contribution < -0.4 is 5.73 Å². The Balaban J connectivity index is 1.84. The second-order valence-corrected chi connectivity index (χ2v) is 4.80. The van der Waals surface area contributed by atoms with Crippen molar-refractivity contribution in [1.29, 1.82) is 0 Å². The van der Waals surface area contributed by atoms with Gasteiger partial charge in [0, 0.05) is 26.4 Å². The van der Waals surface area contributed by atoms with Gasteiger partial charge < -0.3 is 15.4 Å². The Hall–Kier alpha value is -1.69. The number of carbonyl (C=O) groups excluding carboxylic acids is 1. The van der Waals surface area contributed by atoms with E-state index in [9.17, 15) is 9.18 Å². The number of likely N-dealkylation sites (N-methyl/N-ethyl adjacent to an activating group) is 1. The van der Waals surface area contributed by atoms with Crippen molar-refractivity contribution in [1.82, 2.24) is 9.88 Å². The summed E-state index contributed by atoms with van der Waals surface area (Å²) in [6.45, 7) is 1.63. The van der Waals surface area contributed by atoms with E-state index in [-0.39, 0.29) is 11.4 Å². The summed E-state index contributed by atoms with van der Waals surface area (Å²) < 4.78 is 19.1. The van der Waals surface area contributed by atoms with Crippen LogP contribution in [0.2, 0.25) is 0 Å². The normalized spacial score (nSPS) is 14.4. The molecule has 1 fully saturated rings. The predicted octanol–water partition coefficient (Wildman–Crippen LogP) is 1.30. The van der Waals surface area contributed by atoms with Gasteiger partial charge in [-0.1, -0.05) is 0 Å². The van der Waals surface area contributed by atoms with Crippen molar-refractivity contribution in [3.63, 3.8) is 0 Å². The maximum atomic E-state index is 13.6. The third-order valence-electron chi connectivity index (χ3n) is 3.11. The van der Waals surface area contributed by atoms with Gasteiger partial charge in [-0.15, -0.1) is 0 Å². The Morgan fingerprint density at radius 3 is 3.05 bits per heavy atom. The van der Waals surface area contributed by atoms with Crippen LogP contribution >= 0.6 is 0 Å². The van der Waals surface area contributed by atoms with E-state index in [1.165, 1.54) is 30.0 Å².